The molecule has 126 valence electrons. The molecule has 1 unspecified atom stereocenters. The monoisotopic (exact) mass is 332 g/mol. The largest absolute Gasteiger partial charge is 0.364 e. The van der Waals surface area contributed by atoms with Crippen molar-refractivity contribution in [2.24, 2.45) is 0 Å². The highest BCUT2D eigenvalue weighted by Crippen LogP contribution is 2.39. The third-order valence-corrected chi connectivity index (χ3v) is 4.34. The first-order valence-corrected chi connectivity index (χ1v) is 8.06. The molecule has 2 aromatic carbocycles. The predicted molar refractivity (Wildman–Crippen MR) is 97.4 cm³/mol. The van der Waals surface area contributed by atoms with Crippen molar-refractivity contribution in [2.75, 3.05) is 14.2 Å². The van der Waals surface area contributed by atoms with Gasteiger partial charge in [-0.15, -0.1) is 0 Å². The molecule has 0 saturated heterocycles. The molecule has 0 aliphatic heterocycles. The van der Waals surface area contributed by atoms with Gasteiger partial charge in [0.15, 0.2) is 0 Å². The highest BCUT2D eigenvalue weighted by atomic mass is 16.5. The van der Waals surface area contributed by atoms with Gasteiger partial charge < -0.3 is 10.1 Å². The second-order valence-corrected chi connectivity index (χ2v) is 5.65. The van der Waals surface area contributed by atoms with E-state index in [4.69, 9.17) is 4.74 Å². The molecule has 4 heteroatoms. The lowest BCUT2D eigenvalue weighted by molar-refractivity contribution is 0.0582. The number of ether oxygens (including phenoxy) is 1. The molecule has 25 heavy (non-hydrogen) atoms. The summed E-state index contributed by atoms with van der Waals surface area (Å²) in [5.41, 5.74) is 2.67. The average molecular weight is 332 g/mol. The molecule has 0 radical (unpaired) electrons. The summed E-state index contributed by atoms with van der Waals surface area (Å²) in [6, 6.07) is 21.4. The van der Waals surface area contributed by atoms with E-state index >= 15 is 0 Å². The van der Waals surface area contributed by atoms with Crippen LogP contribution in [-0.4, -0.2) is 25.0 Å². The topological polar surface area (TPSA) is 51.2 Å². The van der Waals surface area contributed by atoms with E-state index in [2.05, 4.69) is 10.3 Å². The van der Waals surface area contributed by atoms with Gasteiger partial charge in [0, 0.05) is 37.7 Å². The Morgan fingerprint density at radius 3 is 2.12 bits per heavy atom. The number of carbonyl (C=O) groups is 1. The van der Waals surface area contributed by atoms with Crippen LogP contribution in [0.4, 0.5) is 0 Å². The van der Waals surface area contributed by atoms with Gasteiger partial charge in [-0.25, -0.2) is 0 Å². The number of nitrogens with one attached hydrogen (secondary N) is 1. The maximum absolute atomic E-state index is 11.8. The van der Waals surface area contributed by atoms with Crippen molar-refractivity contribution < 1.29 is 9.53 Å². The number of hydrogen-bond donors (Lipinski definition) is 1. The van der Waals surface area contributed by atoms with Crippen molar-refractivity contribution in [3.8, 4) is 0 Å². The van der Waals surface area contributed by atoms with Crippen molar-refractivity contribution in [2.45, 2.75) is 5.60 Å². The van der Waals surface area contributed by atoms with E-state index in [9.17, 15) is 4.79 Å². The Morgan fingerprint density at radius 2 is 1.56 bits per heavy atom. The van der Waals surface area contributed by atoms with Crippen molar-refractivity contribution in [3.63, 3.8) is 0 Å². The molecule has 1 atom stereocenters. The van der Waals surface area contributed by atoms with Gasteiger partial charge >= 0.3 is 0 Å². The standard InChI is InChI=1S/C21H20N2O2/c1-22-20(24)16-10-12-18(13-11-16)21(25-2,17-7-4-3-5-8-17)19-9-6-14-23-15-19/h3-15H,1-2H3,(H,22,24). The van der Waals surface area contributed by atoms with E-state index < -0.39 is 5.60 Å². The zero-order valence-electron chi connectivity index (χ0n) is 14.3. The van der Waals surface area contributed by atoms with Crippen LogP contribution in [0.5, 0.6) is 0 Å². The number of rotatable bonds is 5. The van der Waals surface area contributed by atoms with Gasteiger partial charge in [-0.1, -0.05) is 48.5 Å². The minimum Gasteiger partial charge on any atom is -0.364 e. The van der Waals surface area contributed by atoms with Gasteiger partial charge in [-0.3, -0.25) is 9.78 Å². The van der Waals surface area contributed by atoms with Crippen LogP contribution in [0.2, 0.25) is 0 Å². The second-order valence-electron chi connectivity index (χ2n) is 5.65. The summed E-state index contributed by atoms with van der Waals surface area (Å²) in [4.78, 5) is 16.1. The van der Waals surface area contributed by atoms with Crippen LogP contribution in [0.1, 0.15) is 27.0 Å². The zero-order chi connectivity index (χ0) is 17.7. The summed E-state index contributed by atoms with van der Waals surface area (Å²) in [6.45, 7) is 0. The van der Waals surface area contributed by atoms with Crippen LogP contribution in [-0.2, 0) is 10.3 Å². The summed E-state index contributed by atoms with van der Waals surface area (Å²) in [7, 11) is 3.31. The van der Waals surface area contributed by atoms with Gasteiger partial charge in [-0.05, 0) is 29.3 Å². The zero-order valence-corrected chi connectivity index (χ0v) is 14.3. The predicted octanol–water partition coefficient (Wildman–Crippen LogP) is 3.38. The summed E-state index contributed by atoms with van der Waals surface area (Å²) >= 11 is 0. The maximum atomic E-state index is 11.8. The number of benzene rings is 2. The minimum atomic E-state index is -0.795. The third-order valence-electron chi connectivity index (χ3n) is 4.34. The molecule has 4 nitrogen and oxygen atoms in total. The normalized spacial score (nSPS) is 13.0. The Bertz CT molecular complexity index is 791. The minimum absolute atomic E-state index is 0.115. The van der Waals surface area contributed by atoms with Gasteiger partial charge in [0.25, 0.3) is 5.91 Å². The fraction of sp³-hybridized carbons (Fsp3) is 0.143. The molecule has 3 rings (SSSR count). The molecule has 3 aromatic rings. The van der Waals surface area contributed by atoms with Crippen LogP contribution in [0.3, 0.4) is 0 Å². The molecule has 0 fully saturated rings. The molecule has 0 bridgehead atoms. The first-order valence-electron chi connectivity index (χ1n) is 8.06. The third kappa shape index (κ3) is 3.04. The first-order chi connectivity index (χ1) is 12.2. The first kappa shape index (κ1) is 16.9. The van der Waals surface area contributed by atoms with E-state index in [0.717, 1.165) is 16.7 Å². The molecule has 0 aliphatic carbocycles. The Morgan fingerprint density at radius 1 is 0.920 bits per heavy atom. The lowest BCUT2D eigenvalue weighted by atomic mass is 9.80. The molecule has 1 amide bonds. The van der Waals surface area contributed by atoms with Gasteiger partial charge in [0.05, 0.1) is 0 Å². The smallest absolute Gasteiger partial charge is 0.251 e. The molecule has 1 heterocycles. The summed E-state index contributed by atoms with van der Waals surface area (Å²) in [5.74, 6) is -0.115. The molecule has 0 spiro atoms. The maximum Gasteiger partial charge on any atom is 0.251 e. The lowest BCUT2D eigenvalue weighted by Crippen LogP contribution is -2.32. The molecule has 0 saturated carbocycles. The van der Waals surface area contributed by atoms with Gasteiger partial charge in [-0.2, -0.15) is 0 Å². The SMILES string of the molecule is CNC(=O)c1ccc(C(OC)(c2ccccc2)c2cccnc2)cc1. The Hall–Kier alpha value is -2.98. The quantitative estimate of drug-likeness (QED) is 0.779. The number of amides is 1. The summed E-state index contributed by atoms with van der Waals surface area (Å²) < 4.78 is 6.08. The number of nitrogens with zero attached hydrogens (tertiary/aromatic N) is 1. The van der Waals surface area contributed by atoms with Gasteiger partial charge in [0.2, 0.25) is 0 Å². The van der Waals surface area contributed by atoms with Crippen molar-refractivity contribution >= 4 is 5.91 Å². The second kappa shape index (κ2) is 7.28. The van der Waals surface area contributed by atoms with E-state index in [1.807, 2.05) is 60.8 Å². The number of hydrogen-bond acceptors (Lipinski definition) is 3. The van der Waals surface area contributed by atoms with E-state index in [-0.39, 0.29) is 5.91 Å². The average Bonchev–Trinajstić information content (AvgIpc) is 2.70. The molecule has 1 aromatic heterocycles. The Balaban J connectivity index is 2.20. The fourth-order valence-corrected chi connectivity index (χ4v) is 3.10. The van der Waals surface area contributed by atoms with Crippen LogP contribution < -0.4 is 5.32 Å². The van der Waals surface area contributed by atoms with Crippen LogP contribution >= 0.6 is 0 Å². The van der Waals surface area contributed by atoms with Crippen LogP contribution in [0.25, 0.3) is 0 Å². The van der Waals surface area contributed by atoms with E-state index in [1.54, 1.807) is 32.5 Å². The van der Waals surface area contributed by atoms with Crippen LogP contribution in [0, 0.1) is 0 Å². The highest BCUT2D eigenvalue weighted by molar-refractivity contribution is 5.94. The molecule has 1 N–H and O–H groups in total. The van der Waals surface area contributed by atoms with E-state index in [0.29, 0.717) is 5.56 Å². The lowest BCUT2D eigenvalue weighted by Gasteiger charge is -2.34. The fourth-order valence-electron chi connectivity index (χ4n) is 3.10. The molecular formula is C21H20N2O2. The van der Waals surface area contributed by atoms with Crippen molar-refractivity contribution in [3.05, 3.63) is 101 Å². The summed E-state index contributed by atoms with van der Waals surface area (Å²) in [5, 5.41) is 2.64. The van der Waals surface area contributed by atoms with Gasteiger partial charge in [0.1, 0.15) is 5.60 Å². The summed E-state index contributed by atoms with van der Waals surface area (Å²) in [6.07, 6.45) is 3.55. The Labute approximate surface area is 147 Å². The highest BCUT2D eigenvalue weighted by Gasteiger charge is 2.36. The van der Waals surface area contributed by atoms with Crippen molar-refractivity contribution in [1.82, 2.24) is 10.3 Å². The van der Waals surface area contributed by atoms with Crippen LogP contribution in [0.15, 0.2) is 79.1 Å². The van der Waals surface area contributed by atoms with E-state index in [1.165, 1.54) is 0 Å². The molecular weight excluding hydrogens is 312 g/mol. The number of aromatic nitrogens is 1. The Kier molecular flexibility index (Phi) is 4.91. The number of methoxy groups -OCH3 is 1. The van der Waals surface area contributed by atoms with Crippen molar-refractivity contribution in [1.29, 1.82) is 0 Å². The molecule has 0 aliphatic rings. The number of pyridine rings is 1. The number of carbonyl (C=O) groups excluding carboxylic acids is 1.